The zero-order valence-electron chi connectivity index (χ0n) is 4.55. The van der Waals surface area contributed by atoms with Crippen LogP contribution in [0.5, 0.6) is 0 Å². The maximum atomic E-state index is 9.28. The van der Waals surface area contributed by atoms with Crippen LogP contribution in [0.25, 0.3) is 0 Å². The second-order valence-corrected chi connectivity index (χ2v) is 0.921. The van der Waals surface area contributed by atoms with Gasteiger partial charge >= 0.3 is 23.1 Å². The third-order valence-corrected chi connectivity index (χ3v) is 0.289. The quantitative estimate of drug-likeness (QED) is 0.288. The molecule has 9 heavy (non-hydrogen) atoms. The average Bonchev–Trinajstić information content (AvgIpc) is 1.27. The van der Waals surface area contributed by atoms with E-state index in [0.29, 0.717) is 0 Å². The smallest absolute Gasteiger partial charge is 0.550 e. The van der Waals surface area contributed by atoms with Gasteiger partial charge in [0, 0.05) is 18.4 Å². The molecule has 0 amide bonds. The Balaban J connectivity index is -0.000000180. The number of carbonyl (C=O) groups is 2. The second kappa shape index (κ2) is 7.67. The van der Waals surface area contributed by atoms with Gasteiger partial charge in [-0.25, -0.2) is 0 Å². The van der Waals surface area contributed by atoms with Gasteiger partial charge < -0.3 is 25.3 Å². The van der Waals surface area contributed by atoms with Crippen LogP contribution in [0.1, 0.15) is 6.42 Å². The van der Waals surface area contributed by atoms with Crippen molar-refractivity contribution in [3.63, 3.8) is 0 Å². The Kier molecular flexibility index (Phi) is 13.5. The predicted octanol–water partition coefficient (Wildman–Crippen LogP) is -4.33. The van der Waals surface area contributed by atoms with Crippen LogP contribution < -0.4 is 10.2 Å². The predicted molar refractivity (Wildman–Crippen MR) is 24.0 cm³/mol. The topological polar surface area (TPSA) is 112 Å². The summed E-state index contributed by atoms with van der Waals surface area (Å²) in [6, 6.07) is 0. The molecule has 0 heterocycles. The number of rotatable bonds is 2. The number of carboxylic acids is 2. The largest absolute Gasteiger partial charge is 2.00 e. The normalized spacial score (nSPS) is 6.22. The van der Waals surface area contributed by atoms with Crippen LogP contribution in [0.2, 0.25) is 0 Å². The van der Waals surface area contributed by atoms with E-state index in [1.54, 1.807) is 0 Å². The van der Waals surface area contributed by atoms with Crippen LogP contribution in [-0.2, 0) is 9.59 Å². The van der Waals surface area contributed by atoms with E-state index in [2.05, 4.69) is 0 Å². The molecule has 0 bridgehead atoms. The fourth-order valence-corrected chi connectivity index (χ4v) is 0.118. The van der Waals surface area contributed by atoms with E-state index in [-0.39, 0.29) is 28.5 Å². The molecule has 0 atom stereocenters. The molecule has 0 aromatic carbocycles. The van der Waals surface area contributed by atoms with E-state index in [1.807, 2.05) is 0 Å². The second-order valence-electron chi connectivity index (χ2n) is 0.921. The molecule has 5 nitrogen and oxygen atoms in total. The van der Waals surface area contributed by atoms with Crippen molar-refractivity contribution in [2.24, 2.45) is 0 Å². The van der Waals surface area contributed by atoms with Gasteiger partial charge in [0.25, 0.3) is 0 Å². The van der Waals surface area contributed by atoms with Crippen molar-refractivity contribution in [2.75, 3.05) is 0 Å². The van der Waals surface area contributed by atoms with E-state index >= 15 is 0 Å². The Labute approximate surface area is 67.1 Å². The van der Waals surface area contributed by atoms with Gasteiger partial charge in [-0.1, -0.05) is 0 Å². The Morgan fingerprint density at radius 2 is 1.33 bits per heavy atom. The zero-order valence-corrected chi connectivity index (χ0v) is 5.96. The zero-order chi connectivity index (χ0) is 5.86. The van der Waals surface area contributed by atoms with E-state index in [1.165, 1.54) is 0 Å². The number of hydrogen-bond donors (Lipinski definition) is 0. The van der Waals surface area contributed by atoms with Gasteiger partial charge in [-0.05, 0) is 0 Å². The molecule has 6 heteroatoms. The standard InChI is InChI=1S/C3H4O4.Mg.H2O/c4-2(5)1-3(6)7;;/h1H2,(H,4,5)(H,6,7);;1H2/q;+2;/p-2. The number of carbonyl (C=O) groups excluding carboxylic acids is 2. The van der Waals surface area contributed by atoms with Crippen LogP contribution in [0.3, 0.4) is 0 Å². The molecule has 0 radical (unpaired) electrons. The minimum atomic E-state index is -1.63. The van der Waals surface area contributed by atoms with E-state index in [9.17, 15) is 19.8 Å². The van der Waals surface area contributed by atoms with Gasteiger partial charge in [0.15, 0.2) is 0 Å². The third-order valence-electron chi connectivity index (χ3n) is 0.289. The molecule has 0 saturated carbocycles. The summed E-state index contributed by atoms with van der Waals surface area (Å²) in [5.41, 5.74) is 0. The van der Waals surface area contributed by atoms with Crippen LogP contribution in [0, 0.1) is 0 Å². The van der Waals surface area contributed by atoms with Crippen molar-refractivity contribution in [3.05, 3.63) is 0 Å². The summed E-state index contributed by atoms with van der Waals surface area (Å²) < 4.78 is 0. The first-order valence-electron chi connectivity index (χ1n) is 1.52. The summed E-state index contributed by atoms with van der Waals surface area (Å²) in [5, 5.41) is 18.6. The molecule has 0 aromatic rings. The maximum absolute atomic E-state index is 9.28. The van der Waals surface area contributed by atoms with Crippen LogP contribution in [0.4, 0.5) is 0 Å². The maximum Gasteiger partial charge on any atom is 2.00 e. The molecular formula is C3H4MgO5. The van der Waals surface area contributed by atoms with Crippen LogP contribution in [-0.4, -0.2) is 40.5 Å². The van der Waals surface area contributed by atoms with Gasteiger partial charge in [0.2, 0.25) is 0 Å². The molecule has 0 fully saturated rings. The summed E-state index contributed by atoms with van der Waals surface area (Å²) in [4.78, 5) is 18.6. The SMILES string of the molecule is O.O=C([O-])CC(=O)[O-].[Mg+2]. The van der Waals surface area contributed by atoms with E-state index in [0.717, 1.165) is 0 Å². The van der Waals surface area contributed by atoms with Gasteiger partial charge in [0.1, 0.15) is 0 Å². The van der Waals surface area contributed by atoms with Crippen LogP contribution >= 0.6 is 0 Å². The molecule has 0 saturated heterocycles. The average molecular weight is 144 g/mol. The van der Waals surface area contributed by atoms with Gasteiger partial charge in [-0.3, -0.25) is 0 Å². The molecule has 0 aliphatic rings. The third kappa shape index (κ3) is 18.3. The summed E-state index contributed by atoms with van der Waals surface area (Å²) in [7, 11) is 0. The van der Waals surface area contributed by atoms with Crippen molar-refractivity contribution in [1.82, 2.24) is 0 Å². The fraction of sp³-hybridized carbons (Fsp3) is 0.333. The Morgan fingerprint density at radius 3 is 1.33 bits per heavy atom. The molecule has 0 spiro atoms. The Hall–Kier alpha value is -0.334. The molecule has 0 rings (SSSR count). The molecular weight excluding hydrogens is 140 g/mol. The Bertz CT molecular complexity index is 88.4. The number of carboxylic acid groups (broad SMARTS) is 2. The van der Waals surface area contributed by atoms with Crippen molar-refractivity contribution >= 4 is 35.0 Å². The molecule has 0 aromatic heterocycles. The molecule has 2 N–H and O–H groups in total. The first-order valence-corrected chi connectivity index (χ1v) is 1.52. The van der Waals surface area contributed by atoms with E-state index < -0.39 is 18.4 Å². The molecule has 48 valence electrons. The Morgan fingerprint density at radius 1 is 1.11 bits per heavy atom. The summed E-state index contributed by atoms with van der Waals surface area (Å²) in [6.07, 6.45) is -1.03. The summed E-state index contributed by atoms with van der Waals surface area (Å²) >= 11 is 0. The molecule has 0 unspecified atom stereocenters. The van der Waals surface area contributed by atoms with Crippen molar-refractivity contribution < 1.29 is 25.3 Å². The molecule has 0 aliphatic carbocycles. The summed E-state index contributed by atoms with van der Waals surface area (Å²) in [5.74, 6) is -3.25. The van der Waals surface area contributed by atoms with E-state index in [4.69, 9.17) is 0 Å². The van der Waals surface area contributed by atoms with Crippen LogP contribution in [0.15, 0.2) is 0 Å². The van der Waals surface area contributed by atoms with Gasteiger partial charge in [-0.2, -0.15) is 0 Å². The summed E-state index contributed by atoms with van der Waals surface area (Å²) in [6.45, 7) is 0. The van der Waals surface area contributed by atoms with Crippen molar-refractivity contribution in [1.29, 1.82) is 0 Å². The van der Waals surface area contributed by atoms with Gasteiger partial charge in [0.05, 0.1) is 0 Å². The van der Waals surface area contributed by atoms with Crippen molar-refractivity contribution in [2.45, 2.75) is 6.42 Å². The number of aliphatic carboxylic acids is 2. The van der Waals surface area contributed by atoms with Crippen molar-refractivity contribution in [3.8, 4) is 0 Å². The minimum absolute atomic E-state index is 0. The minimum Gasteiger partial charge on any atom is -0.550 e. The number of hydrogen-bond acceptors (Lipinski definition) is 4. The first kappa shape index (κ1) is 15.9. The first-order chi connectivity index (χ1) is 3.13. The fourth-order valence-electron chi connectivity index (χ4n) is 0.118. The van der Waals surface area contributed by atoms with Gasteiger partial charge in [-0.15, -0.1) is 0 Å². The monoisotopic (exact) mass is 144 g/mol. The molecule has 0 aliphatic heterocycles.